The van der Waals surface area contributed by atoms with E-state index in [4.69, 9.17) is 0 Å². The zero-order valence-corrected chi connectivity index (χ0v) is 19.0. The molecule has 3 rings (SSSR count). The number of hydrogen-bond acceptors (Lipinski definition) is 3. The predicted octanol–water partition coefficient (Wildman–Crippen LogP) is 4.76. The van der Waals surface area contributed by atoms with Gasteiger partial charge in [-0.25, -0.2) is 0 Å². The van der Waals surface area contributed by atoms with Crippen LogP contribution in [0, 0.1) is 11.3 Å². The standard InChI is InChI=1S/C27H29N3O2/c1-4-5-9-25-16-15-24(19-29(3)20(2)31)27(32)30(25)18-21-11-13-22(14-12-21)26-10-7-6-8-23(26)17-28/h6-8,10-16H,4-5,9,18-19H2,1-3H3. The number of nitriles is 1. The van der Waals surface area contributed by atoms with Gasteiger partial charge in [0.1, 0.15) is 0 Å². The fourth-order valence-corrected chi connectivity index (χ4v) is 3.70. The molecule has 0 saturated heterocycles. The summed E-state index contributed by atoms with van der Waals surface area (Å²) in [6.45, 7) is 4.40. The van der Waals surface area contributed by atoms with Crippen LogP contribution < -0.4 is 5.56 Å². The number of benzene rings is 2. The zero-order valence-electron chi connectivity index (χ0n) is 19.0. The lowest BCUT2D eigenvalue weighted by Gasteiger charge is -2.18. The zero-order chi connectivity index (χ0) is 23.1. The summed E-state index contributed by atoms with van der Waals surface area (Å²) in [5.74, 6) is -0.0701. The number of amides is 1. The minimum Gasteiger partial charge on any atom is -0.341 e. The van der Waals surface area contributed by atoms with E-state index in [1.807, 2.05) is 65.2 Å². The second kappa shape index (κ2) is 10.6. The number of nitrogens with zero attached hydrogens (tertiary/aromatic N) is 3. The fraction of sp³-hybridized carbons (Fsp3) is 0.296. The molecule has 0 aliphatic carbocycles. The van der Waals surface area contributed by atoms with Crippen LogP contribution >= 0.6 is 0 Å². The molecule has 32 heavy (non-hydrogen) atoms. The smallest absolute Gasteiger partial charge is 0.256 e. The molecule has 0 N–H and O–H groups in total. The lowest BCUT2D eigenvalue weighted by Crippen LogP contribution is -2.32. The number of carbonyl (C=O) groups is 1. The van der Waals surface area contributed by atoms with E-state index in [1.165, 1.54) is 6.92 Å². The Bertz CT molecular complexity index is 1190. The summed E-state index contributed by atoms with van der Waals surface area (Å²) in [7, 11) is 1.70. The van der Waals surface area contributed by atoms with Crippen LogP contribution in [-0.4, -0.2) is 22.4 Å². The number of pyridine rings is 1. The predicted molar refractivity (Wildman–Crippen MR) is 127 cm³/mol. The number of hydrogen-bond donors (Lipinski definition) is 0. The van der Waals surface area contributed by atoms with Crippen molar-refractivity contribution in [1.82, 2.24) is 9.47 Å². The molecular weight excluding hydrogens is 398 g/mol. The van der Waals surface area contributed by atoms with E-state index >= 15 is 0 Å². The average molecular weight is 428 g/mol. The van der Waals surface area contributed by atoms with Crippen molar-refractivity contribution < 1.29 is 4.79 Å². The van der Waals surface area contributed by atoms with E-state index in [2.05, 4.69) is 13.0 Å². The van der Waals surface area contributed by atoms with E-state index < -0.39 is 0 Å². The van der Waals surface area contributed by atoms with Gasteiger partial charge in [0.2, 0.25) is 5.91 Å². The first kappa shape index (κ1) is 23.0. The Hall–Kier alpha value is -3.65. The second-order valence-electron chi connectivity index (χ2n) is 8.07. The van der Waals surface area contributed by atoms with E-state index in [0.717, 1.165) is 41.6 Å². The van der Waals surface area contributed by atoms with Crippen LogP contribution in [0.5, 0.6) is 0 Å². The third kappa shape index (κ3) is 5.33. The van der Waals surface area contributed by atoms with Crippen molar-refractivity contribution in [3.8, 4) is 17.2 Å². The van der Waals surface area contributed by atoms with Gasteiger partial charge in [-0.15, -0.1) is 0 Å². The highest BCUT2D eigenvalue weighted by molar-refractivity contribution is 5.72. The molecule has 0 spiro atoms. The van der Waals surface area contributed by atoms with Crippen molar-refractivity contribution >= 4 is 5.91 Å². The summed E-state index contributed by atoms with van der Waals surface area (Å²) in [4.78, 5) is 26.5. The van der Waals surface area contributed by atoms with Crippen molar-refractivity contribution in [1.29, 1.82) is 5.26 Å². The topological polar surface area (TPSA) is 66.1 Å². The molecule has 1 aromatic heterocycles. The van der Waals surface area contributed by atoms with Crippen LogP contribution in [0.2, 0.25) is 0 Å². The van der Waals surface area contributed by atoms with Gasteiger partial charge in [-0.2, -0.15) is 5.26 Å². The van der Waals surface area contributed by atoms with Gasteiger partial charge >= 0.3 is 0 Å². The Morgan fingerprint density at radius 3 is 2.44 bits per heavy atom. The van der Waals surface area contributed by atoms with E-state index in [9.17, 15) is 14.9 Å². The van der Waals surface area contributed by atoms with Gasteiger partial charge in [0, 0.05) is 25.2 Å². The minimum absolute atomic E-state index is 0.0504. The van der Waals surface area contributed by atoms with Gasteiger partial charge in [0.05, 0.1) is 24.7 Å². The van der Waals surface area contributed by atoms with Crippen molar-refractivity contribution in [2.24, 2.45) is 0 Å². The molecule has 5 nitrogen and oxygen atoms in total. The fourth-order valence-electron chi connectivity index (χ4n) is 3.70. The molecule has 1 amide bonds. The maximum absolute atomic E-state index is 13.3. The highest BCUT2D eigenvalue weighted by Gasteiger charge is 2.13. The molecule has 0 aliphatic rings. The van der Waals surface area contributed by atoms with Crippen molar-refractivity contribution in [3.63, 3.8) is 0 Å². The summed E-state index contributed by atoms with van der Waals surface area (Å²) in [5.41, 5.74) is 5.09. The second-order valence-corrected chi connectivity index (χ2v) is 8.07. The molecule has 2 aromatic carbocycles. The maximum Gasteiger partial charge on any atom is 0.256 e. The molecule has 5 heteroatoms. The number of unbranched alkanes of at least 4 members (excludes halogenated alkanes) is 1. The highest BCUT2D eigenvalue weighted by atomic mass is 16.2. The van der Waals surface area contributed by atoms with Crippen molar-refractivity contribution in [2.45, 2.75) is 46.2 Å². The van der Waals surface area contributed by atoms with Gasteiger partial charge in [0.25, 0.3) is 5.56 Å². The van der Waals surface area contributed by atoms with E-state index in [-0.39, 0.29) is 11.5 Å². The Kier molecular flexibility index (Phi) is 7.62. The highest BCUT2D eigenvalue weighted by Crippen LogP contribution is 2.23. The van der Waals surface area contributed by atoms with Crippen LogP contribution in [0.3, 0.4) is 0 Å². The first-order valence-electron chi connectivity index (χ1n) is 11.0. The average Bonchev–Trinajstić information content (AvgIpc) is 2.81. The molecule has 0 radical (unpaired) electrons. The summed E-state index contributed by atoms with van der Waals surface area (Å²) in [6.07, 6.45) is 2.90. The summed E-state index contributed by atoms with van der Waals surface area (Å²) in [5, 5.41) is 9.37. The largest absolute Gasteiger partial charge is 0.341 e. The molecule has 0 atom stereocenters. The Morgan fingerprint density at radius 2 is 1.78 bits per heavy atom. The number of rotatable bonds is 8. The summed E-state index contributed by atoms with van der Waals surface area (Å²) >= 11 is 0. The molecule has 164 valence electrons. The first-order chi connectivity index (χ1) is 15.4. The van der Waals surface area contributed by atoms with Crippen LogP contribution in [0.4, 0.5) is 0 Å². The molecule has 0 unspecified atom stereocenters. The Balaban J connectivity index is 1.93. The quantitative estimate of drug-likeness (QED) is 0.521. The summed E-state index contributed by atoms with van der Waals surface area (Å²) < 4.78 is 1.83. The molecule has 0 fully saturated rings. The van der Waals surface area contributed by atoms with Gasteiger partial charge in [-0.05, 0) is 47.7 Å². The first-order valence-corrected chi connectivity index (χ1v) is 11.0. The lowest BCUT2D eigenvalue weighted by molar-refractivity contribution is -0.128. The molecule has 0 bridgehead atoms. The van der Waals surface area contributed by atoms with Crippen LogP contribution in [0.15, 0.2) is 65.5 Å². The van der Waals surface area contributed by atoms with Gasteiger partial charge in [-0.3, -0.25) is 9.59 Å². The van der Waals surface area contributed by atoms with E-state index in [1.54, 1.807) is 11.9 Å². The number of aryl methyl sites for hydroxylation is 1. The van der Waals surface area contributed by atoms with Crippen molar-refractivity contribution in [3.05, 3.63) is 93.4 Å². The molecule has 0 aliphatic heterocycles. The normalized spacial score (nSPS) is 10.6. The molecule has 1 heterocycles. The SMILES string of the molecule is CCCCc1ccc(CN(C)C(C)=O)c(=O)n1Cc1ccc(-c2ccccc2C#N)cc1. The molecule has 0 saturated carbocycles. The van der Waals surface area contributed by atoms with Crippen LogP contribution in [-0.2, 0) is 24.3 Å². The van der Waals surface area contributed by atoms with Crippen LogP contribution in [0.25, 0.3) is 11.1 Å². The van der Waals surface area contributed by atoms with Crippen molar-refractivity contribution in [2.75, 3.05) is 7.05 Å². The molecular formula is C27H29N3O2. The lowest BCUT2D eigenvalue weighted by atomic mass is 9.99. The third-order valence-electron chi connectivity index (χ3n) is 5.73. The van der Waals surface area contributed by atoms with Crippen LogP contribution in [0.1, 0.15) is 49.1 Å². The Labute approximate surface area is 189 Å². The summed E-state index contributed by atoms with van der Waals surface area (Å²) in [6, 6.07) is 21.6. The number of aromatic nitrogens is 1. The van der Waals surface area contributed by atoms with E-state index in [0.29, 0.717) is 24.2 Å². The van der Waals surface area contributed by atoms with Gasteiger partial charge < -0.3 is 9.47 Å². The minimum atomic E-state index is -0.0701. The number of carbonyl (C=O) groups excluding carboxylic acids is 1. The van der Waals surface area contributed by atoms with Gasteiger partial charge in [0.15, 0.2) is 0 Å². The third-order valence-corrected chi connectivity index (χ3v) is 5.73. The molecule has 3 aromatic rings. The van der Waals surface area contributed by atoms with Gasteiger partial charge in [-0.1, -0.05) is 55.8 Å². The maximum atomic E-state index is 13.3. The Morgan fingerprint density at radius 1 is 1.06 bits per heavy atom. The monoisotopic (exact) mass is 427 g/mol.